The van der Waals surface area contributed by atoms with Crippen LogP contribution >= 0.6 is 11.8 Å². The minimum Gasteiger partial charge on any atom is -0.497 e. The largest absolute Gasteiger partial charge is 0.497 e. The Hall–Kier alpha value is -0.870. The lowest BCUT2D eigenvalue weighted by atomic mass is 10.0. The van der Waals surface area contributed by atoms with Crippen LogP contribution in [-0.2, 0) is 0 Å². The van der Waals surface area contributed by atoms with Crippen LogP contribution in [-0.4, -0.2) is 27.0 Å². The fraction of sp³-hybridized carbons (Fsp3) is 0.538. The van der Waals surface area contributed by atoms with Gasteiger partial charge in [0.2, 0.25) is 0 Å². The third-order valence-electron chi connectivity index (χ3n) is 3.15. The number of hydrogen-bond acceptors (Lipinski definition) is 4. The van der Waals surface area contributed by atoms with Crippen molar-refractivity contribution in [2.75, 3.05) is 27.0 Å². The minimum atomic E-state index is 0.394. The molecule has 1 aliphatic rings. The minimum absolute atomic E-state index is 0.394. The van der Waals surface area contributed by atoms with Crippen molar-refractivity contribution in [3.63, 3.8) is 0 Å². The first-order valence-electron chi connectivity index (χ1n) is 5.83. The molecule has 0 spiro atoms. The summed E-state index contributed by atoms with van der Waals surface area (Å²) in [4.78, 5) is 1.13. The molecule has 1 fully saturated rings. The van der Waals surface area contributed by atoms with Crippen molar-refractivity contribution in [2.45, 2.75) is 23.8 Å². The first-order valence-corrected chi connectivity index (χ1v) is 7.06. The molecule has 0 aliphatic carbocycles. The smallest absolute Gasteiger partial charge is 0.137 e. The van der Waals surface area contributed by atoms with Gasteiger partial charge in [-0.05, 0) is 37.8 Å². The van der Waals surface area contributed by atoms with Crippen LogP contribution in [0.1, 0.15) is 24.4 Å². The highest BCUT2D eigenvalue weighted by atomic mass is 32.2. The van der Waals surface area contributed by atoms with Gasteiger partial charge in [-0.3, -0.25) is 0 Å². The maximum absolute atomic E-state index is 5.56. The first kappa shape index (κ1) is 12.6. The van der Waals surface area contributed by atoms with Crippen molar-refractivity contribution >= 4 is 11.8 Å². The second kappa shape index (κ2) is 5.65. The summed E-state index contributed by atoms with van der Waals surface area (Å²) in [6.45, 7) is 1.08. The van der Waals surface area contributed by atoms with E-state index in [9.17, 15) is 0 Å². The number of rotatable bonds is 4. The number of ether oxygens (including phenoxy) is 2. The molecule has 17 heavy (non-hydrogen) atoms. The van der Waals surface area contributed by atoms with E-state index in [4.69, 9.17) is 9.47 Å². The fourth-order valence-corrected chi connectivity index (χ4v) is 2.91. The molecular formula is C13H19NO2S. The van der Waals surface area contributed by atoms with Gasteiger partial charge in [0.1, 0.15) is 11.5 Å². The highest BCUT2D eigenvalue weighted by Crippen LogP contribution is 2.40. The Kier molecular flexibility index (Phi) is 4.18. The van der Waals surface area contributed by atoms with E-state index in [1.807, 2.05) is 6.07 Å². The standard InChI is InChI=1S/C13H19NO2S/c1-15-9-7-10(11-5-4-6-14-11)13(16-2)12(8-9)17-3/h7-8,11,14H,4-6H2,1-3H3. The van der Waals surface area contributed by atoms with Crippen LogP contribution in [0.25, 0.3) is 0 Å². The van der Waals surface area contributed by atoms with Gasteiger partial charge in [-0.1, -0.05) is 0 Å². The van der Waals surface area contributed by atoms with Gasteiger partial charge in [0.15, 0.2) is 0 Å². The number of thioether (sulfide) groups is 1. The summed E-state index contributed by atoms with van der Waals surface area (Å²) in [6.07, 6.45) is 4.44. The van der Waals surface area contributed by atoms with Crippen LogP contribution in [0.3, 0.4) is 0 Å². The van der Waals surface area contributed by atoms with Crippen LogP contribution in [0.4, 0.5) is 0 Å². The normalized spacial score (nSPS) is 19.4. The van der Waals surface area contributed by atoms with Crippen molar-refractivity contribution in [1.82, 2.24) is 5.32 Å². The van der Waals surface area contributed by atoms with E-state index in [1.165, 1.54) is 12.0 Å². The Morgan fingerprint density at radius 2 is 2.12 bits per heavy atom. The highest BCUT2D eigenvalue weighted by molar-refractivity contribution is 7.98. The summed E-state index contributed by atoms with van der Waals surface area (Å²) in [6, 6.07) is 4.51. The quantitative estimate of drug-likeness (QED) is 0.836. The summed E-state index contributed by atoms with van der Waals surface area (Å²) in [5, 5.41) is 3.51. The second-order valence-corrected chi connectivity index (χ2v) is 4.95. The Labute approximate surface area is 107 Å². The molecule has 94 valence electrons. The lowest BCUT2D eigenvalue weighted by Gasteiger charge is -2.18. The molecule has 0 saturated carbocycles. The lowest BCUT2D eigenvalue weighted by molar-refractivity contribution is 0.383. The van der Waals surface area contributed by atoms with E-state index < -0.39 is 0 Å². The van der Waals surface area contributed by atoms with E-state index in [-0.39, 0.29) is 0 Å². The monoisotopic (exact) mass is 253 g/mol. The fourth-order valence-electron chi connectivity index (χ4n) is 2.29. The Morgan fingerprint density at radius 3 is 2.65 bits per heavy atom. The van der Waals surface area contributed by atoms with Gasteiger partial charge >= 0.3 is 0 Å². The van der Waals surface area contributed by atoms with Gasteiger partial charge in [-0.15, -0.1) is 11.8 Å². The van der Waals surface area contributed by atoms with Gasteiger partial charge in [-0.2, -0.15) is 0 Å². The van der Waals surface area contributed by atoms with Crippen LogP contribution < -0.4 is 14.8 Å². The average Bonchev–Trinajstić information content (AvgIpc) is 2.90. The molecule has 1 aromatic carbocycles. The molecule has 1 atom stereocenters. The number of methoxy groups -OCH3 is 2. The van der Waals surface area contributed by atoms with Gasteiger partial charge < -0.3 is 14.8 Å². The van der Waals surface area contributed by atoms with Crippen LogP contribution in [0.5, 0.6) is 11.5 Å². The van der Waals surface area contributed by atoms with E-state index in [0.717, 1.165) is 29.4 Å². The van der Waals surface area contributed by atoms with E-state index in [0.29, 0.717) is 6.04 Å². The van der Waals surface area contributed by atoms with Gasteiger partial charge in [0.05, 0.1) is 19.1 Å². The van der Waals surface area contributed by atoms with Crippen LogP contribution in [0.2, 0.25) is 0 Å². The molecule has 4 heteroatoms. The van der Waals surface area contributed by atoms with Gasteiger partial charge in [0.25, 0.3) is 0 Å². The SMILES string of the molecule is COc1cc(SC)c(OC)c(C2CCCN2)c1. The predicted molar refractivity (Wildman–Crippen MR) is 71.3 cm³/mol. The summed E-state index contributed by atoms with van der Waals surface area (Å²) >= 11 is 1.69. The molecule has 1 unspecified atom stereocenters. The molecule has 1 saturated heterocycles. The third-order valence-corrected chi connectivity index (χ3v) is 3.90. The number of hydrogen-bond donors (Lipinski definition) is 1. The van der Waals surface area contributed by atoms with Crippen molar-refractivity contribution in [3.05, 3.63) is 17.7 Å². The summed E-state index contributed by atoms with van der Waals surface area (Å²) in [5.74, 6) is 1.89. The maximum atomic E-state index is 5.56. The third kappa shape index (κ3) is 2.53. The summed E-state index contributed by atoms with van der Waals surface area (Å²) < 4.78 is 10.9. The highest BCUT2D eigenvalue weighted by Gasteiger charge is 2.22. The number of nitrogens with one attached hydrogen (secondary N) is 1. The van der Waals surface area contributed by atoms with Crippen molar-refractivity contribution < 1.29 is 9.47 Å². The molecule has 2 rings (SSSR count). The van der Waals surface area contributed by atoms with E-state index in [1.54, 1.807) is 26.0 Å². The number of benzene rings is 1. The molecular weight excluding hydrogens is 234 g/mol. The maximum Gasteiger partial charge on any atom is 0.137 e. The Balaban J connectivity index is 2.45. The molecule has 0 radical (unpaired) electrons. The zero-order valence-electron chi connectivity index (χ0n) is 10.6. The Bertz CT molecular complexity index is 389. The average molecular weight is 253 g/mol. The lowest BCUT2D eigenvalue weighted by Crippen LogP contribution is -2.14. The first-order chi connectivity index (χ1) is 8.30. The van der Waals surface area contributed by atoms with Crippen molar-refractivity contribution in [3.8, 4) is 11.5 Å². The zero-order valence-corrected chi connectivity index (χ0v) is 11.4. The Morgan fingerprint density at radius 1 is 1.29 bits per heavy atom. The molecule has 0 amide bonds. The van der Waals surface area contributed by atoms with Crippen molar-refractivity contribution in [1.29, 1.82) is 0 Å². The molecule has 1 aromatic rings. The second-order valence-electron chi connectivity index (χ2n) is 4.10. The topological polar surface area (TPSA) is 30.5 Å². The van der Waals surface area contributed by atoms with Crippen molar-refractivity contribution in [2.24, 2.45) is 0 Å². The summed E-state index contributed by atoms with van der Waals surface area (Å²) in [7, 11) is 3.44. The molecule has 1 aliphatic heterocycles. The summed E-state index contributed by atoms with van der Waals surface area (Å²) in [5.41, 5.74) is 1.22. The van der Waals surface area contributed by atoms with E-state index in [2.05, 4.69) is 17.6 Å². The van der Waals surface area contributed by atoms with Gasteiger partial charge in [-0.25, -0.2) is 0 Å². The molecule has 0 aromatic heterocycles. The molecule has 1 N–H and O–H groups in total. The van der Waals surface area contributed by atoms with Crippen LogP contribution in [0, 0.1) is 0 Å². The molecule has 0 bridgehead atoms. The molecule has 3 nitrogen and oxygen atoms in total. The zero-order chi connectivity index (χ0) is 12.3. The predicted octanol–water partition coefficient (Wildman–Crippen LogP) is 2.85. The molecule has 1 heterocycles. The van der Waals surface area contributed by atoms with E-state index >= 15 is 0 Å². The van der Waals surface area contributed by atoms with Crippen LogP contribution in [0.15, 0.2) is 17.0 Å². The van der Waals surface area contributed by atoms with Gasteiger partial charge in [0, 0.05) is 11.6 Å².